The second-order valence-electron chi connectivity index (χ2n) is 7.00. The molecule has 3 aromatic rings. The van der Waals surface area contributed by atoms with Crippen LogP contribution < -0.4 is 4.90 Å². The highest BCUT2D eigenvalue weighted by Gasteiger charge is 2.29. The van der Waals surface area contributed by atoms with E-state index in [9.17, 15) is 10.1 Å². The molecule has 0 bridgehead atoms. The van der Waals surface area contributed by atoms with Gasteiger partial charge >= 0.3 is 5.69 Å². The van der Waals surface area contributed by atoms with Gasteiger partial charge in [-0.3, -0.25) is 10.1 Å². The van der Waals surface area contributed by atoms with E-state index < -0.39 is 0 Å². The van der Waals surface area contributed by atoms with E-state index in [2.05, 4.69) is 23.3 Å². The van der Waals surface area contributed by atoms with Gasteiger partial charge in [-0.2, -0.15) is 5.10 Å². The molecule has 0 saturated carbocycles. The highest BCUT2D eigenvalue weighted by molar-refractivity contribution is 7.18. The monoisotopic (exact) mass is 372 g/mol. The number of likely N-dealkylation sites (tertiary alicyclic amines) is 1. The SMILES string of the molecule is Cc1nn(C[NH+]2CCC[C@H](c3nc4ccccc4s3)C2)c(C)c1[N+](=O)[O-]. The molecule has 7 nitrogen and oxygen atoms in total. The highest BCUT2D eigenvalue weighted by atomic mass is 32.1. The van der Waals surface area contributed by atoms with Gasteiger partial charge in [-0.15, -0.1) is 11.3 Å². The van der Waals surface area contributed by atoms with E-state index >= 15 is 0 Å². The van der Waals surface area contributed by atoms with Crippen molar-refractivity contribution in [1.29, 1.82) is 0 Å². The second-order valence-corrected chi connectivity index (χ2v) is 8.06. The first kappa shape index (κ1) is 17.1. The molecule has 0 aliphatic carbocycles. The first-order valence-electron chi connectivity index (χ1n) is 8.90. The van der Waals surface area contributed by atoms with Crippen LogP contribution in [0.4, 0.5) is 5.69 Å². The summed E-state index contributed by atoms with van der Waals surface area (Å²) in [7, 11) is 0. The number of piperidine rings is 1. The summed E-state index contributed by atoms with van der Waals surface area (Å²) in [6, 6.07) is 8.27. The Kier molecular flexibility index (Phi) is 4.46. The van der Waals surface area contributed by atoms with Crippen LogP contribution in [0.3, 0.4) is 0 Å². The number of aryl methyl sites for hydroxylation is 1. The minimum Gasteiger partial charge on any atom is -0.316 e. The van der Waals surface area contributed by atoms with Gasteiger partial charge in [0.15, 0.2) is 6.67 Å². The van der Waals surface area contributed by atoms with Crippen LogP contribution in [0.2, 0.25) is 0 Å². The zero-order valence-electron chi connectivity index (χ0n) is 14.9. The number of para-hydroxylation sites is 1. The van der Waals surface area contributed by atoms with Crippen LogP contribution in [-0.4, -0.2) is 32.8 Å². The summed E-state index contributed by atoms with van der Waals surface area (Å²) < 4.78 is 3.03. The third-order valence-corrected chi connectivity index (χ3v) is 6.38. The summed E-state index contributed by atoms with van der Waals surface area (Å²) in [6.07, 6.45) is 2.29. The Labute approximate surface area is 155 Å². The maximum atomic E-state index is 11.2. The lowest BCUT2D eigenvalue weighted by atomic mass is 9.99. The molecule has 1 fully saturated rings. The first-order chi connectivity index (χ1) is 12.5. The number of aromatic nitrogens is 3. The van der Waals surface area contributed by atoms with E-state index in [-0.39, 0.29) is 10.6 Å². The Morgan fingerprint density at radius 2 is 2.19 bits per heavy atom. The highest BCUT2D eigenvalue weighted by Crippen LogP contribution is 2.30. The number of hydrogen-bond acceptors (Lipinski definition) is 5. The van der Waals surface area contributed by atoms with Gasteiger partial charge in [0.25, 0.3) is 0 Å². The quantitative estimate of drug-likeness (QED) is 0.564. The number of hydrogen-bond donors (Lipinski definition) is 1. The van der Waals surface area contributed by atoms with Gasteiger partial charge in [-0.1, -0.05) is 12.1 Å². The van der Waals surface area contributed by atoms with Gasteiger partial charge in [0.05, 0.1) is 34.1 Å². The smallest absolute Gasteiger partial charge is 0.312 e. The van der Waals surface area contributed by atoms with Crippen LogP contribution in [0, 0.1) is 24.0 Å². The zero-order valence-corrected chi connectivity index (χ0v) is 15.8. The Balaban J connectivity index is 1.52. The fraction of sp³-hybridized carbons (Fsp3) is 0.444. The van der Waals surface area contributed by atoms with Crippen molar-refractivity contribution in [2.24, 2.45) is 0 Å². The first-order valence-corrected chi connectivity index (χ1v) is 9.72. The fourth-order valence-electron chi connectivity index (χ4n) is 3.89. The largest absolute Gasteiger partial charge is 0.316 e. The molecule has 1 aliphatic heterocycles. The summed E-state index contributed by atoms with van der Waals surface area (Å²) in [5.74, 6) is 0.447. The van der Waals surface area contributed by atoms with Gasteiger partial charge in [0.2, 0.25) is 0 Å². The molecule has 1 unspecified atom stereocenters. The number of thiazole rings is 1. The molecule has 4 rings (SSSR count). The summed E-state index contributed by atoms with van der Waals surface area (Å²) in [5, 5.41) is 16.8. The average Bonchev–Trinajstić information content (AvgIpc) is 3.16. The summed E-state index contributed by atoms with van der Waals surface area (Å²) >= 11 is 1.79. The molecule has 0 spiro atoms. The number of rotatable bonds is 4. The van der Waals surface area contributed by atoms with Crippen molar-refractivity contribution in [2.75, 3.05) is 13.1 Å². The number of nitrogens with zero attached hydrogens (tertiary/aromatic N) is 4. The van der Waals surface area contributed by atoms with E-state index in [0.717, 1.165) is 31.4 Å². The maximum Gasteiger partial charge on any atom is 0.312 e. The molecule has 26 heavy (non-hydrogen) atoms. The van der Waals surface area contributed by atoms with E-state index in [1.54, 1.807) is 29.9 Å². The molecule has 3 heterocycles. The van der Waals surface area contributed by atoms with E-state index in [1.165, 1.54) is 14.6 Å². The number of benzene rings is 1. The molecule has 0 radical (unpaired) electrons. The molecule has 1 saturated heterocycles. The summed E-state index contributed by atoms with van der Waals surface area (Å²) in [4.78, 5) is 17.1. The molecule has 1 aliphatic rings. The van der Waals surface area contributed by atoms with Crippen molar-refractivity contribution < 1.29 is 9.82 Å². The summed E-state index contributed by atoms with van der Waals surface area (Å²) in [5.41, 5.74) is 2.35. The molecule has 2 aromatic heterocycles. The van der Waals surface area contributed by atoms with Crippen molar-refractivity contribution in [3.63, 3.8) is 0 Å². The fourth-order valence-corrected chi connectivity index (χ4v) is 4.99. The third-order valence-electron chi connectivity index (χ3n) is 5.18. The van der Waals surface area contributed by atoms with Crippen LogP contribution in [-0.2, 0) is 6.67 Å². The molecule has 136 valence electrons. The van der Waals surface area contributed by atoms with E-state index in [1.807, 2.05) is 6.07 Å². The van der Waals surface area contributed by atoms with E-state index in [4.69, 9.17) is 4.98 Å². The summed E-state index contributed by atoms with van der Waals surface area (Å²) in [6.45, 7) is 6.21. The average molecular weight is 372 g/mol. The lowest BCUT2D eigenvalue weighted by Gasteiger charge is -2.28. The number of nitro groups is 1. The number of quaternary nitrogens is 1. The molecule has 1 aromatic carbocycles. The molecule has 1 N–H and O–H groups in total. The van der Waals surface area contributed by atoms with Crippen molar-refractivity contribution >= 4 is 27.2 Å². The molecular weight excluding hydrogens is 350 g/mol. The van der Waals surface area contributed by atoms with Gasteiger partial charge < -0.3 is 4.90 Å². The van der Waals surface area contributed by atoms with Gasteiger partial charge in [-0.25, -0.2) is 9.67 Å². The molecule has 8 heteroatoms. The van der Waals surface area contributed by atoms with Crippen LogP contribution in [0.1, 0.15) is 35.2 Å². The van der Waals surface area contributed by atoms with Gasteiger partial charge in [0.1, 0.15) is 16.4 Å². The minimum absolute atomic E-state index is 0.143. The lowest BCUT2D eigenvalue weighted by Crippen LogP contribution is -3.12. The predicted molar refractivity (Wildman–Crippen MR) is 101 cm³/mol. The topological polar surface area (TPSA) is 78.3 Å². The van der Waals surface area contributed by atoms with E-state index in [0.29, 0.717) is 24.0 Å². The Bertz CT molecular complexity index is 931. The van der Waals surface area contributed by atoms with Crippen LogP contribution in [0.5, 0.6) is 0 Å². The Hall–Kier alpha value is -2.32. The number of nitrogens with one attached hydrogen (secondary N) is 1. The number of fused-ring (bicyclic) bond motifs is 1. The normalized spacial score (nSPS) is 20.5. The Morgan fingerprint density at radius 1 is 1.38 bits per heavy atom. The molecule has 0 amide bonds. The van der Waals surface area contributed by atoms with Crippen molar-refractivity contribution in [1.82, 2.24) is 14.8 Å². The molecular formula is C18H22N5O2S+. The lowest BCUT2D eigenvalue weighted by molar-refractivity contribution is -0.929. The van der Waals surface area contributed by atoms with Crippen molar-refractivity contribution in [3.05, 3.63) is 50.8 Å². The predicted octanol–water partition coefficient (Wildman–Crippen LogP) is 2.44. The standard InChI is InChI=1S/C18H21N5O2S/c1-12-17(23(24)25)13(2)22(20-12)11-21-9-5-6-14(10-21)18-19-15-7-3-4-8-16(15)26-18/h3-4,7-8,14H,5-6,9-11H2,1-2H3/p+1/t14-/m0/s1. The Morgan fingerprint density at radius 3 is 2.92 bits per heavy atom. The van der Waals surface area contributed by atoms with Crippen molar-refractivity contribution in [3.8, 4) is 0 Å². The zero-order chi connectivity index (χ0) is 18.3. The van der Waals surface area contributed by atoms with Crippen LogP contribution in [0.15, 0.2) is 24.3 Å². The molecule has 2 atom stereocenters. The van der Waals surface area contributed by atoms with Gasteiger partial charge in [0, 0.05) is 0 Å². The van der Waals surface area contributed by atoms with Gasteiger partial charge in [-0.05, 0) is 38.8 Å². The van der Waals surface area contributed by atoms with Crippen LogP contribution in [0.25, 0.3) is 10.2 Å². The third kappa shape index (κ3) is 3.10. The van der Waals surface area contributed by atoms with Crippen LogP contribution >= 0.6 is 11.3 Å². The second kappa shape index (κ2) is 6.77. The minimum atomic E-state index is -0.330. The van der Waals surface area contributed by atoms with Crippen molar-refractivity contribution in [2.45, 2.75) is 39.3 Å². The maximum absolute atomic E-state index is 11.2.